The topological polar surface area (TPSA) is 108 Å². The van der Waals surface area contributed by atoms with Crippen LogP contribution in [-0.2, 0) is 0 Å². The second-order valence-corrected chi connectivity index (χ2v) is 7.75. The molecule has 6 heteroatoms. The van der Waals surface area contributed by atoms with E-state index in [0.717, 1.165) is 11.1 Å². The Kier molecular flexibility index (Phi) is 4.56. The van der Waals surface area contributed by atoms with E-state index in [-0.39, 0.29) is 51.7 Å². The van der Waals surface area contributed by atoms with E-state index < -0.39 is 11.3 Å². The van der Waals surface area contributed by atoms with Crippen molar-refractivity contribution in [2.75, 3.05) is 0 Å². The summed E-state index contributed by atoms with van der Waals surface area (Å²) in [6.45, 7) is 0. The van der Waals surface area contributed by atoms with Crippen molar-refractivity contribution in [3.8, 4) is 17.2 Å². The van der Waals surface area contributed by atoms with Crippen LogP contribution in [0.2, 0.25) is 0 Å². The number of ketones is 1. The predicted molar refractivity (Wildman–Crippen MR) is 120 cm³/mol. The first-order chi connectivity index (χ1) is 15.4. The van der Waals surface area contributed by atoms with Crippen LogP contribution < -0.4 is 5.43 Å². The molecule has 4 aromatic rings. The maximum atomic E-state index is 13.2. The monoisotopic (exact) mass is 426 g/mol. The Labute approximate surface area is 182 Å². The molecular weight excluding hydrogens is 408 g/mol. The van der Waals surface area contributed by atoms with Gasteiger partial charge >= 0.3 is 0 Å². The molecule has 3 N–H and O–H groups in total. The Bertz CT molecular complexity index is 1440. The second-order valence-electron chi connectivity index (χ2n) is 7.75. The molecule has 0 spiro atoms. The number of Topliss-reactive ketones (excluding diaryl/α,β-unsaturated/α-hetero) is 1. The van der Waals surface area contributed by atoms with Crippen molar-refractivity contribution in [1.29, 1.82) is 0 Å². The van der Waals surface area contributed by atoms with Gasteiger partial charge < -0.3 is 19.7 Å². The average Bonchev–Trinajstić information content (AvgIpc) is 2.77. The maximum Gasteiger partial charge on any atom is 0.207 e. The first-order valence-corrected chi connectivity index (χ1v) is 10.0. The fraction of sp³-hybridized carbons (Fsp3) is 0.0769. The molecule has 0 saturated carbocycles. The zero-order valence-electron chi connectivity index (χ0n) is 16.8. The van der Waals surface area contributed by atoms with Gasteiger partial charge in [0, 0.05) is 17.9 Å². The fourth-order valence-electron chi connectivity index (χ4n) is 4.15. The molecule has 0 bridgehead atoms. The van der Waals surface area contributed by atoms with Crippen LogP contribution in [0.1, 0.15) is 39.6 Å². The van der Waals surface area contributed by atoms with Crippen LogP contribution in [0.4, 0.5) is 0 Å². The molecule has 158 valence electrons. The molecule has 0 aliphatic heterocycles. The Hall–Kier alpha value is -4.32. The molecule has 1 atom stereocenters. The van der Waals surface area contributed by atoms with Crippen molar-refractivity contribution in [3.63, 3.8) is 0 Å². The molecule has 1 aliphatic rings. The highest BCUT2D eigenvalue weighted by atomic mass is 16.3. The van der Waals surface area contributed by atoms with Gasteiger partial charge in [0.2, 0.25) is 5.43 Å². The molecule has 0 saturated heterocycles. The Morgan fingerprint density at radius 1 is 0.844 bits per heavy atom. The number of hydrogen-bond acceptors (Lipinski definition) is 6. The molecule has 0 radical (unpaired) electrons. The molecule has 32 heavy (non-hydrogen) atoms. The number of allylic oxidation sites excluding steroid dienone is 1. The molecule has 5 rings (SSSR count). The van der Waals surface area contributed by atoms with Gasteiger partial charge in [-0.2, -0.15) is 0 Å². The summed E-state index contributed by atoms with van der Waals surface area (Å²) in [6, 6.07) is 17.6. The number of rotatable bonds is 2. The van der Waals surface area contributed by atoms with Crippen LogP contribution in [-0.4, -0.2) is 21.1 Å². The first-order valence-electron chi connectivity index (χ1n) is 10.0. The lowest BCUT2D eigenvalue weighted by Crippen LogP contribution is -2.25. The summed E-state index contributed by atoms with van der Waals surface area (Å²) in [5.74, 6) is -0.642. The van der Waals surface area contributed by atoms with Gasteiger partial charge in [-0.3, -0.25) is 9.59 Å². The van der Waals surface area contributed by atoms with Crippen molar-refractivity contribution in [2.24, 2.45) is 0 Å². The molecule has 1 heterocycles. The van der Waals surface area contributed by atoms with Gasteiger partial charge in [0.25, 0.3) is 0 Å². The van der Waals surface area contributed by atoms with E-state index in [1.54, 1.807) is 60.7 Å². The third kappa shape index (κ3) is 3.22. The van der Waals surface area contributed by atoms with Gasteiger partial charge in [-0.1, -0.05) is 30.3 Å². The number of carbonyl (C=O) groups is 1. The summed E-state index contributed by atoms with van der Waals surface area (Å²) in [5.41, 5.74) is 1.69. The molecule has 3 aromatic carbocycles. The van der Waals surface area contributed by atoms with E-state index in [9.17, 15) is 24.9 Å². The number of fused-ring (bicyclic) bond motifs is 2. The SMILES string of the molecule is O=C1CC(c2ccc(O)cc2)/C(=C\c2ccc(O)cc2)c2oc3cccc(O)c3c(=O)c21. The quantitative estimate of drug-likeness (QED) is 0.424. The van der Waals surface area contributed by atoms with E-state index in [0.29, 0.717) is 5.57 Å². The van der Waals surface area contributed by atoms with E-state index in [1.807, 2.05) is 6.08 Å². The van der Waals surface area contributed by atoms with Gasteiger partial charge in [0.15, 0.2) is 5.78 Å². The first kappa shape index (κ1) is 19.6. The van der Waals surface area contributed by atoms with Gasteiger partial charge in [0.05, 0.1) is 0 Å². The molecule has 1 aromatic heterocycles. The zero-order chi connectivity index (χ0) is 22.4. The Morgan fingerprint density at radius 2 is 1.50 bits per heavy atom. The summed E-state index contributed by atoms with van der Waals surface area (Å²) in [6.07, 6.45) is 1.85. The number of benzene rings is 3. The number of hydrogen-bond donors (Lipinski definition) is 3. The van der Waals surface area contributed by atoms with Gasteiger partial charge in [-0.25, -0.2) is 0 Å². The van der Waals surface area contributed by atoms with Crippen LogP contribution >= 0.6 is 0 Å². The van der Waals surface area contributed by atoms with Crippen LogP contribution in [0.5, 0.6) is 17.2 Å². The van der Waals surface area contributed by atoms with Gasteiger partial charge in [-0.15, -0.1) is 0 Å². The largest absolute Gasteiger partial charge is 0.508 e. The minimum Gasteiger partial charge on any atom is -0.508 e. The lowest BCUT2D eigenvalue weighted by molar-refractivity contribution is 0.0971. The summed E-state index contributed by atoms with van der Waals surface area (Å²) in [7, 11) is 0. The smallest absolute Gasteiger partial charge is 0.207 e. The van der Waals surface area contributed by atoms with Crippen molar-refractivity contribution >= 4 is 28.4 Å². The van der Waals surface area contributed by atoms with E-state index >= 15 is 0 Å². The predicted octanol–water partition coefficient (Wildman–Crippen LogP) is 4.82. The standard InChI is InChI=1S/C26H18O6/c27-16-8-4-14(5-9-16)12-19-18(15-6-10-17(28)11-7-15)13-21(30)24-25(31)23-20(29)2-1-3-22(23)32-26(19)24/h1-12,18,27-29H,13H2/b19-12+. The van der Waals surface area contributed by atoms with Crippen molar-refractivity contribution in [3.05, 3.63) is 99.4 Å². The summed E-state index contributed by atoms with van der Waals surface area (Å²) < 4.78 is 6.05. The zero-order valence-corrected chi connectivity index (χ0v) is 16.8. The third-order valence-corrected chi connectivity index (χ3v) is 5.71. The lowest BCUT2D eigenvalue weighted by Gasteiger charge is -2.26. The highest BCUT2D eigenvalue weighted by molar-refractivity contribution is 6.09. The maximum absolute atomic E-state index is 13.2. The number of carbonyl (C=O) groups excluding carboxylic acids is 1. The van der Waals surface area contributed by atoms with Crippen LogP contribution in [0.15, 0.2) is 75.9 Å². The van der Waals surface area contributed by atoms with Crippen LogP contribution in [0.3, 0.4) is 0 Å². The Balaban J connectivity index is 1.81. The Morgan fingerprint density at radius 3 is 2.19 bits per heavy atom. The molecule has 0 fully saturated rings. The highest BCUT2D eigenvalue weighted by Gasteiger charge is 2.35. The van der Waals surface area contributed by atoms with Crippen LogP contribution in [0, 0.1) is 0 Å². The van der Waals surface area contributed by atoms with Crippen molar-refractivity contribution < 1.29 is 24.5 Å². The third-order valence-electron chi connectivity index (χ3n) is 5.71. The molecule has 1 unspecified atom stereocenters. The van der Waals surface area contributed by atoms with Crippen molar-refractivity contribution in [1.82, 2.24) is 0 Å². The number of phenols is 3. The van der Waals surface area contributed by atoms with Crippen molar-refractivity contribution in [2.45, 2.75) is 12.3 Å². The highest BCUT2D eigenvalue weighted by Crippen LogP contribution is 2.43. The fourth-order valence-corrected chi connectivity index (χ4v) is 4.15. The summed E-state index contributed by atoms with van der Waals surface area (Å²) >= 11 is 0. The van der Waals surface area contributed by atoms with E-state index in [4.69, 9.17) is 4.42 Å². The summed E-state index contributed by atoms with van der Waals surface area (Å²) in [4.78, 5) is 26.3. The number of aromatic hydroxyl groups is 3. The molecule has 6 nitrogen and oxygen atoms in total. The minimum atomic E-state index is -0.565. The summed E-state index contributed by atoms with van der Waals surface area (Å²) in [5, 5.41) is 29.5. The normalized spacial score (nSPS) is 16.9. The lowest BCUT2D eigenvalue weighted by atomic mass is 9.77. The minimum absolute atomic E-state index is 0.0216. The van der Waals surface area contributed by atoms with E-state index in [1.165, 1.54) is 6.07 Å². The molecule has 0 amide bonds. The van der Waals surface area contributed by atoms with Gasteiger partial charge in [0.1, 0.15) is 39.5 Å². The van der Waals surface area contributed by atoms with Gasteiger partial charge in [-0.05, 0) is 53.6 Å². The molecule has 1 aliphatic carbocycles. The molecular formula is C26H18O6. The average molecular weight is 426 g/mol. The van der Waals surface area contributed by atoms with E-state index in [2.05, 4.69) is 0 Å². The van der Waals surface area contributed by atoms with Crippen LogP contribution in [0.25, 0.3) is 22.6 Å². The second kappa shape index (κ2) is 7.42. The number of phenolic OH excluding ortho intramolecular Hbond substituents is 3.